The van der Waals surface area contributed by atoms with E-state index < -0.39 is 16.6 Å². The van der Waals surface area contributed by atoms with Gasteiger partial charge in [-0.2, -0.15) is 0 Å². The van der Waals surface area contributed by atoms with Gasteiger partial charge in [-0.1, -0.05) is 54.9 Å². The first-order valence-electron chi connectivity index (χ1n) is 11.8. The number of hydrogen-bond donors (Lipinski definition) is 0. The average Bonchev–Trinajstić information content (AvgIpc) is 2.58. The fourth-order valence-corrected chi connectivity index (χ4v) is 5.44. The van der Waals surface area contributed by atoms with Crippen LogP contribution in [0.5, 0.6) is 0 Å². The van der Waals surface area contributed by atoms with Crippen LogP contribution in [-0.2, 0) is 13.6 Å². The van der Waals surface area contributed by atoms with Crippen LogP contribution >= 0.6 is 0 Å². The molecule has 0 radical (unpaired) electrons. The van der Waals surface area contributed by atoms with Crippen molar-refractivity contribution < 1.29 is 18.4 Å². The Morgan fingerprint density at radius 1 is 1.00 bits per heavy atom. The maximum Gasteiger partial charge on any atom is 0.410 e. The highest BCUT2D eigenvalue weighted by molar-refractivity contribution is 6.74. The summed E-state index contributed by atoms with van der Waals surface area (Å²) in [5.41, 5.74) is 0. The predicted molar refractivity (Wildman–Crippen MR) is 131 cm³/mol. The first kappa shape index (κ1) is 27.7. The van der Waals surface area contributed by atoms with Crippen LogP contribution in [0, 0.1) is 0 Å². The number of ether oxygens (including phenoxy) is 1. The lowest BCUT2D eigenvalue weighted by atomic mass is 10.0. The zero-order valence-corrected chi connectivity index (χ0v) is 23.7. The number of likely N-dealkylation sites (tertiary alicyclic amines) is 1. The van der Waals surface area contributed by atoms with E-state index in [1.165, 1.54) is 0 Å². The van der Waals surface area contributed by atoms with E-state index >= 15 is 0 Å². The summed E-state index contributed by atoms with van der Waals surface area (Å²) in [7, 11) is -3.90. The van der Waals surface area contributed by atoms with Crippen molar-refractivity contribution in [2.45, 2.75) is 123 Å². The lowest BCUT2D eigenvalue weighted by Crippen LogP contribution is -2.59. The third-order valence-corrected chi connectivity index (χ3v) is 16.4. The highest BCUT2D eigenvalue weighted by atomic mass is 28.4. The van der Waals surface area contributed by atoms with Crippen molar-refractivity contribution in [3.05, 3.63) is 0 Å². The number of unbranched alkanes of at least 4 members (excludes halogenated alkanes) is 1. The van der Waals surface area contributed by atoms with Crippen LogP contribution in [0.4, 0.5) is 4.79 Å². The van der Waals surface area contributed by atoms with Crippen LogP contribution in [0.1, 0.15) is 74.1 Å². The van der Waals surface area contributed by atoms with E-state index in [-0.39, 0.29) is 28.3 Å². The number of hydrogen-bond acceptors (Lipinski definition) is 4. The predicted octanol–water partition coefficient (Wildman–Crippen LogP) is 6.80. The van der Waals surface area contributed by atoms with Gasteiger partial charge in [-0.15, -0.1) is 0 Å². The molecule has 1 amide bonds. The van der Waals surface area contributed by atoms with Gasteiger partial charge in [-0.05, 0) is 55.5 Å². The van der Waals surface area contributed by atoms with E-state index in [0.717, 1.165) is 25.7 Å². The summed E-state index contributed by atoms with van der Waals surface area (Å²) in [6, 6.07) is -0.0869. The van der Waals surface area contributed by atoms with Crippen LogP contribution in [0.3, 0.4) is 0 Å². The second-order valence-electron chi connectivity index (χ2n) is 11.9. The molecule has 1 rings (SSSR count). The fraction of sp³-hybridized carbons (Fsp3) is 0.957. The van der Waals surface area contributed by atoms with Gasteiger partial charge in [0.1, 0.15) is 0 Å². The number of amides is 1. The monoisotopic (exact) mass is 459 g/mol. The first-order chi connectivity index (χ1) is 13.5. The van der Waals surface area contributed by atoms with E-state index in [1.807, 2.05) is 4.90 Å². The largest absolute Gasteiger partial charge is 0.449 e. The Hall–Kier alpha value is -0.376. The SMILES string of the molecule is CCCCOC(=O)N1CCCC(O[Si](C)(C)C(C)(C)C)C1CO[Si](C)(C)C(C)(C)C. The molecule has 0 aromatic heterocycles. The molecule has 0 saturated carbocycles. The van der Waals surface area contributed by atoms with Crippen molar-refractivity contribution >= 4 is 22.7 Å². The Kier molecular flexibility index (Phi) is 9.67. The Bertz CT molecular complexity index is 552. The highest BCUT2D eigenvalue weighted by Crippen LogP contribution is 2.40. The third-order valence-electron chi connectivity index (χ3n) is 7.35. The minimum absolute atomic E-state index is 0.00290. The second kappa shape index (κ2) is 10.5. The number of nitrogens with zero attached hydrogens (tertiary/aromatic N) is 1. The summed E-state index contributed by atoms with van der Waals surface area (Å²) in [5, 5.41) is 0.256. The van der Waals surface area contributed by atoms with Gasteiger partial charge in [0.05, 0.1) is 25.4 Å². The summed E-state index contributed by atoms with van der Waals surface area (Å²) in [6.07, 6.45) is 3.62. The molecule has 1 aliphatic heterocycles. The molecule has 0 N–H and O–H groups in total. The Morgan fingerprint density at radius 3 is 2.07 bits per heavy atom. The van der Waals surface area contributed by atoms with Gasteiger partial charge in [-0.25, -0.2) is 4.79 Å². The topological polar surface area (TPSA) is 48.0 Å². The van der Waals surface area contributed by atoms with Crippen molar-refractivity contribution in [2.24, 2.45) is 0 Å². The maximum absolute atomic E-state index is 12.9. The molecule has 7 heteroatoms. The van der Waals surface area contributed by atoms with Crippen LogP contribution in [0.2, 0.25) is 36.3 Å². The van der Waals surface area contributed by atoms with E-state index in [2.05, 4.69) is 74.7 Å². The van der Waals surface area contributed by atoms with Crippen molar-refractivity contribution in [2.75, 3.05) is 19.8 Å². The van der Waals surface area contributed by atoms with Crippen molar-refractivity contribution in [3.63, 3.8) is 0 Å². The quantitative estimate of drug-likeness (QED) is 0.296. The molecule has 1 aliphatic rings. The van der Waals surface area contributed by atoms with Crippen molar-refractivity contribution in [3.8, 4) is 0 Å². The molecule has 2 atom stereocenters. The van der Waals surface area contributed by atoms with E-state index in [1.54, 1.807) is 0 Å². The molecule has 5 nitrogen and oxygen atoms in total. The Balaban J connectivity index is 3.07. The molecule has 178 valence electrons. The zero-order chi connectivity index (χ0) is 23.4. The molecule has 0 bridgehead atoms. The Morgan fingerprint density at radius 2 is 1.57 bits per heavy atom. The number of carbonyl (C=O) groups is 1. The van der Waals surface area contributed by atoms with Crippen LogP contribution in [0.15, 0.2) is 0 Å². The van der Waals surface area contributed by atoms with E-state index in [4.69, 9.17) is 13.6 Å². The zero-order valence-electron chi connectivity index (χ0n) is 21.7. The fourth-order valence-electron chi connectivity index (χ4n) is 3.04. The molecule has 1 saturated heterocycles. The third kappa shape index (κ3) is 7.35. The van der Waals surface area contributed by atoms with Crippen molar-refractivity contribution in [1.29, 1.82) is 0 Å². The van der Waals surface area contributed by atoms with Gasteiger partial charge in [-0.3, -0.25) is 0 Å². The van der Waals surface area contributed by atoms with Gasteiger partial charge in [0.2, 0.25) is 0 Å². The number of piperidine rings is 1. The maximum atomic E-state index is 12.9. The summed E-state index contributed by atoms with van der Waals surface area (Å²) in [4.78, 5) is 14.8. The summed E-state index contributed by atoms with van der Waals surface area (Å²) >= 11 is 0. The molecule has 0 spiro atoms. The summed E-state index contributed by atoms with van der Waals surface area (Å²) < 4.78 is 19.0. The highest BCUT2D eigenvalue weighted by Gasteiger charge is 2.45. The van der Waals surface area contributed by atoms with Gasteiger partial charge < -0.3 is 18.5 Å². The number of carbonyl (C=O) groups excluding carboxylic acids is 1. The van der Waals surface area contributed by atoms with Crippen LogP contribution in [-0.4, -0.2) is 59.5 Å². The van der Waals surface area contributed by atoms with E-state index in [0.29, 0.717) is 19.8 Å². The lowest BCUT2D eigenvalue weighted by Gasteiger charge is -2.47. The lowest BCUT2D eigenvalue weighted by molar-refractivity contribution is -0.00853. The molecular weight excluding hydrogens is 410 g/mol. The normalized spacial score (nSPS) is 21.6. The molecular formula is C23H49NO4Si2. The van der Waals surface area contributed by atoms with Crippen LogP contribution < -0.4 is 0 Å². The van der Waals surface area contributed by atoms with E-state index in [9.17, 15) is 4.79 Å². The average molecular weight is 460 g/mol. The van der Waals surface area contributed by atoms with Gasteiger partial charge >= 0.3 is 6.09 Å². The minimum Gasteiger partial charge on any atom is -0.449 e. The standard InChI is InChI=1S/C23H49NO4Si2/c1-12-13-17-26-21(25)24-16-14-15-20(28-30(10,11)23(5,6)7)19(24)18-27-29(8,9)22(2,3)4/h19-20H,12-18H2,1-11H3. The minimum atomic E-state index is -1.96. The molecule has 0 aromatic rings. The van der Waals surface area contributed by atoms with Gasteiger partial charge in [0, 0.05) is 6.54 Å². The van der Waals surface area contributed by atoms with Gasteiger partial charge in [0.15, 0.2) is 16.6 Å². The molecule has 0 aromatic carbocycles. The Labute approximate surface area is 188 Å². The summed E-state index contributed by atoms with van der Waals surface area (Å²) in [5.74, 6) is 0. The van der Waals surface area contributed by atoms with Gasteiger partial charge in [0.25, 0.3) is 0 Å². The molecule has 1 fully saturated rings. The summed E-state index contributed by atoms with van der Waals surface area (Å²) in [6.45, 7) is 26.5. The van der Waals surface area contributed by atoms with Crippen LogP contribution in [0.25, 0.3) is 0 Å². The molecule has 0 aliphatic carbocycles. The van der Waals surface area contributed by atoms with Crippen molar-refractivity contribution in [1.82, 2.24) is 4.90 Å². The second-order valence-corrected chi connectivity index (χ2v) is 21.4. The molecule has 30 heavy (non-hydrogen) atoms. The first-order valence-corrected chi connectivity index (χ1v) is 17.6. The molecule has 2 unspecified atom stereocenters. The number of rotatable bonds is 8. The molecule has 1 heterocycles. The smallest absolute Gasteiger partial charge is 0.410 e.